The highest BCUT2D eigenvalue weighted by Gasteiger charge is 2.54. The average Bonchev–Trinajstić information content (AvgIpc) is 3.07. The molecule has 3 rings (SSSR count). The molecule has 1 unspecified atom stereocenters. The molecule has 1 aliphatic rings. The van der Waals surface area contributed by atoms with Crippen LogP contribution in [0.5, 0.6) is 0 Å². The van der Waals surface area contributed by atoms with Crippen molar-refractivity contribution in [2.75, 3.05) is 18.5 Å². The lowest BCUT2D eigenvalue weighted by Gasteiger charge is -2.30. The van der Waals surface area contributed by atoms with Crippen LogP contribution in [0.15, 0.2) is 58.6 Å². The Bertz CT molecular complexity index is 1100. The number of benzene rings is 2. The van der Waals surface area contributed by atoms with Gasteiger partial charge in [-0.3, -0.25) is 0 Å². The van der Waals surface area contributed by atoms with E-state index in [2.05, 4.69) is 20.9 Å². The molecule has 32 heavy (non-hydrogen) atoms. The highest BCUT2D eigenvalue weighted by atomic mass is 79.9. The van der Waals surface area contributed by atoms with Gasteiger partial charge in [0.05, 0.1) is 24.1 Å². The van der Waals surface area contributed by atoms with E-state index in [0.29, 0.717) is 5.56 Å². The molecule has 0 bridgehead atoms. The van der Waals surface area contributed by atoms with Crippen molar-refractivity contribution in [2.45, 2.75) is 45.8 Å². The SMILES string of the molecule is CCOC(=O)C1=C(C(=O)OCC)C(CBr)(c2ccc3ccccc3c2)OC1=NC(C)(C)C. The topological polar surface area (TPSA) is 74.2 Å². The number of fused-ring (bicyclic) bond motifs is 1. The lowest BCUT2D eigenvalue weighted by Crippen LogP contribution is -2.35. The van der Waals surface area contributed by atoms with Gasteiger partial charge in [-0.05, 0) is 51.5 Å². The number of aliphatic imine (C=N–C) groups is 1. The summed E-state index contributed by atoms with van der Waals surface area (Å²) in [5.74, 6) is -1.23. The molecule has 7 heteroatoms. The molecule has 0 aromatic heterocycles. The zero-order valence-corrected chi connectivity index (χ0v) is 20.6. The number of esters is 2. The van der Waals surface area contributed by atoms with Crippen molar-refractivity contribution in [1.29, 1.82) is 0 Å². The fraction of sp³-hybridized carbons (Fsp3) is 0.400. The maximum absolute atomic E-state index is 13.2. The van der Waals surface area contributed by atoms with Crippen molar-refractivity contribution in [3.63, 3.8) is 0 Å². The van der Waals surface area contributed by atoms with Gasteiger partial charge in [0.2, 0.25) is 5.90 Å². The molecule has 6 nitrogen and oxygen atoms in total. The molecule has 0 spiro atoms. The number of alkyl halides is 1. The van der Waals surface area contributed by atoms with Gasteiger partial charge in [0.15, 0.2) is 5.60 Å². The van der Waals surface area contributed by atoms with Crippen LogP contribution in [0.25, 0.3) is 10.8 Å². The molecule has 0 saturated heterocycles. The van der Waals surface area contributed by atoms with E-state index in [9.17, 15) is 9.59 Å². The number of hydrogen-bond acceptors (Lipinski definition) is 6. The number of rotatable bonds is 6. The van der Waals surface area contributed by atoms with E-state index in [4.69, 9.17) is 14.2 Å². The summed E-state index contributed by atoms with van der Waals surface area (Å²) in [4.78, 5) is 30.9. The number of ether oxygens (including phenoxy) is 3. The van der Waals surface area contributed by atoms with Crippen LogP contribution < -0.4 is 0 Å². The summed E-state index contributed by atoms with van der Waals surface area (Å²) >= 11 is 3.54. The van der Waals surface area contributed by atoms with Gasteiger partial charge in [0.1, 0.15) is 11.1 Å². The lowest BCUT2D eigenvalue weighted by molar-refractivity contribution is -0.142. The van der Waals surface area contributed by atoms with Crippen molar-refractivity contribution in [2.24, 2.45) is 4.99 Å². The summed E-state index contributed by atoms with van der Waals surface area (Å²) in [5.41, 5.74) is -1.06. The second-order valence-corrected chi connectivity index (χ2v) is 8.96. The van der Waals surface area contributed by atoms with Crippen molar-refractivity contribution in [1.82, 2.24) is 0 Å². The molecule has 0 aliphatic carbocycles. The number of carbonyl (C=O) groups excluding carboxylic acids is 2. The lowest BCUT2D eigenvalue weighted by atomic mass is 9.85. The maximum Gasteiger partial charge on any atom is 0.344 e. The Morgan fingerprint density at radius 1 is 1.00 bits per heavy atom. The first-order valence-electron chi connectivity index (χ1n) is 10.6. The zero-order chi connectivity index (χ0) is 23.5. The Morgan fingerprint density at radius 2 is 1.62 bits per heavy atom. The Balaban J connectivity index is 2.34. The standard InChI is InChI=1S/C25H28BrNO5/c1-6-30-22(28)19-20(23(29)31-7-2)25(15-26,32-21(19)27-24(3,4)5)18-13-12-16-10-8-9-11-17(16)14-18/h8-14H,6-7,15H2,1-5H3. The molecule has 170 valence electrons. The van der Waals surface area contributed by atoms with Crippen molar-refractivity contribution < 1.29 is 23.8 Å². The van der Waals surface area contributed by atoms with E-state index in [0.717, 1.165) is 10.8 Å². The predicted molar refractivity (Wildman–Crippen MR) is 128 cm³/mol. The summed E-state index contributed by atoms with van der Waals surface area (Å²) in [6.45, 7) is 9.40. The maximum atomic E-state index is 13.2. The molecule has 1 aliphatic heterocycles. The quantitative estimate of drug-likeness (QED) is 0.407. The van der Waals surface area contributed by atoms with Gasteiger partial charge in [0, 0.05) is 5.56 Å². The van der Waals surface area contributed by atoms with Crippen LogP contribution in [-0.2, 0) is 29.4 Å². The summed E-state index contributed by atoms with van der Waals surface area (Å²) < 4.78 is 17.1. The first-order valence-corrected chi connectivity index (χ1v) is 11.7. The van der Waals surface area contributed by atoms with Crippen LogP contribution in [0.4, 0.5) is 0 Å². The summed E-state index contributed by atoms with van der Waals surface area (Å²) in [6, 6.07) is 13.7. The molecule has 0 N–H and O–H groups in total. The van der Waals surface area contributed by atoms with Crippen molar-refractivity contribution >= 4 is 44.5 Å². The minimum Gasteiger partial charge on any atom is -0.462 e. The summed E-state index contributed by atoms with van der Waals surface area (Å²) in [5, 5.41) is 2.24. The smallest absolute Gasteiger partial charge is 0.344 e. The molecule has 0 saturated carbocycles. The van der Waals surface area contributed by atoms with E-state index >= 15 is 0 Å². The van der Waals surface area contributed by atoms with Crippen molar-refractivity contribution in [3.8, 4) is 0 Å². The van der Waals surface area contributed by atoms with Crippen LogP contribution >= 0.6 is 15.9 Å². The summed E-state index contributed by atoms with van der Waals surface area (Å²) in [6.07, 6.45) is 0. The fourth-order valence-corrected chi connectivity index (χ4v) is 4.36. The largest absolute Gasteiger partial charge is 0.462 e. The third-order valence-corrected chi connectivity index (χ3v) is 5.73. The minimum atomic E-state index is -1.30. The Hall–Kier alpha value is -2.67. The molecule has 0 amide bonds. The normalized spacial score (nSPS) is 19.9. The summed E-state index contributed by atoms with van der Waals surface area (Å²) in [7, 11) is 0. The third kappa shape index (κ3) is 4.58. The number of nitrogens with zero attached hydrogens (tertiary/aromatic N) is 1. The Morgan fingerprint density at radius 3 is 2.22 bits per heavy atom. The Kier molecular flexibility index (Phi) is 7.08. The second kappa shape index (κ2) is 9.45. The van der Waals surface area contributed by atoms with Gasteiger partial charge < -0.3 is 14.2 Å². The van der Waals surface area contributed by atoms with Gasteiger partial charge in [-0.1, -0.05) is 52.3 Å². The molecule has 2 aromatic rings. The average molecular weight is 502 g/mol. The Labute approximate surface area is 196 Å². The number of carbonyl (C=O) groups is 2. The van der Waals surface area contributed by atoms with E-state index in [1.165, 1.54) is 0 Å². The van der Waals surface area contributed by atoms with Crippen molar-refractivity contribution in [3.05, 3.63) is 59.2 Å². The van der Waals surface area contributed by atoms with Crippen LogP contribution in [0, 0.1) is 0 Å². The molecule has 0 radical (unpaired) electrons. The third-order valence-electron chi connectivity index (χ3n) is 4.94. The molecule has 1 atom stereocenters. The van der Waals surface area contributed by atoms with Gasteiger partial charge in [-0.25, -0.2) is 14.6 Å². The van der Waals surface area contributed by atoms with Gasteiger partial charge in [-0.2, -0.15) is 0 Å². The van der Waals surface area contributed by atoms with Gasteiger partial charge in [0.25, 0.3) is 0 Å². The van der Waals surface area contributed by atoms with Gasteiger partial charge >= 0.3 is 11.9 Å². The van der Waals surface area contributed by atoms with E-state index < -0.39 is 23.1 Å². The first kappa shape index (κ1) is 24.0. The van der Waals surface area contributed by atoms with Crippen LogP contribution in [-0.4, -0.2) is 41.9 Å². The molecule has 1 heterocycles. The van der Waals surface area contributed by atoms with Crippen LogP contribution in [0.2, 0.25) is 0 Å². The van der Waals surface area contributed by atoms with E-state index in [1.54, 1.807) is 13.8 Å². The number of hydrogen-bond donors (Lipinski definition) is 0. The monoisotopic (exact) mass is 501 g/mol. The first-order chi connectivity index (χ1) is 15.2. The zero-order valence-electron chi connectivity index (χ0n) is 19.0. The fourth-order valence-electron chi connectivity index (χ4n) is 3.64. The number of halogens is 1. The predicted octanol–water partition coefficient (Wildman–Crippen LogP) is 5.08. The minimum absolute atomic E-state index is 0.00725. The molecule has 0 fully saturated rings. The van der Waals surface area contributed by atoms with E-state index in [-0.39, 0.29) is 35.6 Å². The van der Waals surface area contributed by atoms with Crippen LogP contribution in [0.3, 0.4) is 0 Å². The molecular weight excluding hydrogens is 474 g/mol. The highest BCUT2D eigenvalue weighted by molar-refractivity contribution is 9.09. The highest BCUT2D eigenvalue weighted by Crippen LogP contribution is 2.45. The van der Waals surface area contributed by atoms with Crippen LogP contribution in [0.1, 0.15) is 40.2 Å². The van der Waals surface area contributed by atoms with Gasteiger partial charge in [-0.15, -0.1) is 0 Å². The molecular formula is C25H28BrNO5. The molecule has 2 aromatic carbocycles. The van der Waals surface area contributed by atoms with E-state index in [1.807, 2.05) is 63.2 Å². The second-order valence-electron chi connectivity index (χ2n) is 8.40.